The molecule has 0 bridgehead atoms. The maximum absolute atomic E-state index is 6.33. The minimum absolute atomic E-state index is 0.157. The summed E-state index contributed by atoms with van der Waals surface area (Å²) < 4.78 is 23.6. The molecule has 0 aromatic rings. The molecule has 162 valence electrons. The Bertz CT molecular complexity index is 342. The van der Waals surface area contributed by atoms with Crippen molar-refractivity contribution >= 4 is 0 Å². The lowest BCUT2D eigenvalue weighted by molar-refractivity contribution is -0.287. The van der Waals surface area contributed by atoms with Crippen molar-refractivity contribution in [2.24, 2.45) is 5.92 Å². The molecule has 1 heterocycles. The van der Waals surface area contributed by atoms with Crippen LogP contribution in [0.5, 0.6) is 0 Å². The summed E-state index contributed by atoms with van der Waals surface area (Å²) in [5.74, 6) is -0.125. The highest BCUT2D eigenvalue weighted by Gasteiger charge is 2.37. The molecule has 0 N–H and O–H groups in total. The first-order chi connectivity index (χ1) is 12.9. The molecule has 0 aromatic carbocycles. The minimum atomic E-state index is -0.522. The minimum Gasteiger partial charge on any atom is -0.379 e. The summed E-state index contributed by atoms with van der Waals surface area (Å²) in [6, 6.07) is 0. The molecule has 2 unspecified atom stereocenters. The van der Waals surface area contributed by atoms with E-state index in [2.05, 4.69) is 41.5 Å². The van der Waals surface area contributed by atoms with Crippen molar-refractivity contribution in [2.45, 2.75) is 123 Å². The van der Waals surface area contributed by atoms with Crippen molar-refractivity contribution in [2.75, 3.05) is 19.8 Å². The maximum Gasteiger partial charge on any atom is 0.168 e. The Kier molecular flexibility index (Phi) is 12.8. The molecule has 1 saturated heterocycles. The quantitative estimate of drug-likeness (QED) is 0.162. The second-order valence-electron chi connectivity index (χ2n) is 8.78. The van der Waals surface area contributed by atoms with Gasteiger partial charge in [-0.1, -0.05) is 45.4 Å². The van der Waals surface area contributed by atoms with Gasteiger partial charge in [0, 0.05) is 12.5 Å². The first-order valence-electron chi connectivity index (χ1n) is 11.4. The molecule has 0 radical (unpaired) electrons. The monoisotopic (exact) mass is 386 g/mol. The van der Waals surface area contributed by atoms with E-state index in [0.717, 1.165) is 39.1 Å². The van der Waals surface area contributed by atoms with Crippen LogP contribution in [-0.2, 0) is 18.9 Å². The van der Waals surface area contributed by atoms with Gasteiger partial charge in [-0.15, -0.1) is 0 Å². The van der Waals surface area contributed by atoms with Gasteiger partial charge in [-0.25, -0.2) is 0 Å². The topological polar surface area (TPSA) is 40.2 Å². The van der Waals surface area contributed by atoms with Crippen LogP contribution in [0.3, 0.4) is 0 Å². The zero-order chi connectivity index (χ0) is 20.1. The van der Waals surface area contributed by atoms with E-state index in [9.17, 15) is 0 Å². The molecule has 1 fully saturated rings. The predicted octanol–water partition coefficient (Wildman–Crippen LogP) is 6.12. The molecule has 0 aromatic heterocycles. The number of hydrogen-bond acceptors (Lipinski definition) is 4. The molecule has 0 saturated carbocycles. The van der Waals surface area contributed by atoms with Crippen LogP contribution >= 0.6 is 0 Å². The average Bonchev–Trinajstić information content (AvgIpc) is 3.38. The lowest BCUT2D eigenvalue weighted by Gasteiger charge is -2.40. The van der Waals surface area contributed by atoms with E-state index in [1.165, 1.54) is 38.5 Å². The summed E-state index contributed by atoms with van der Waals surface area (Å²) in [6.45, 7) is 15.2. The summed E-state index contributed by atoms with van der Waals surface area (Å²) in [4.78, 5) is 0. The van der Waals surface area contributed by atoms with Gasteiger partial charge in [0.2, 0.25) is 0 Å². The summed E-state index contributed by atoms with van der Waals surface area (Å²) in [5.41, 5.74) is 0. The van der Waals surface area contributed by atoms with Crippen molar-refractivity contribution in [3.05, 3.63) is 0 Å². The summed E-state index contributed by atoms with van der Waals surface area (Å²) >= 11 is 0. The molecule has 1 aliphatic heterocycles. The fourth-order valence-corrected chi connectivity index (χ4v) is 3.81. The predicted molar refractivity (Wildman–Crippen MR) is 112 cm³/mol. The number of rotatable bonds is 18. The Morgan fingerprint density at radius 2 is 1.44 bits per heavy atom. The van der Waals surface area contributed by atoms with Gasteiger partial charge < -0.3 is 18.9 Å². The van der Waals surface area contributed by atoms with Crippen LogP contribution in [0.15, 0.2) is 0 Å². The molecular weight excluding hydrogens is 340 g/mol. The Morgan fingerprint density at radius 3 is 2.00 bits per heavy atom. The van der Waals surface area contributed by atoms with Crippen molar-refractivity contribution in [3.63, 3.8) is 0 Å². The van der Waals surface area contributed by atoms with Gasteiger partial charge >= 0.3 is 0 Å². The lowest BCUT2D eigenvalue weighted by atomic mass is 9.88. The maximum atomic E-state index is 6.33. The van der Waals surface area contributed by atoms with E-state index in [1.807, 2.05) is 0 Å². The van der Waals surface area contributed by atoms with E-state index in [0.29, 0.717) is 12.0 Å². The van der Waals surface area contributed by atoms with E-state index in [-0.39, 0.29) is 12.2 Å². The largest absolute Gasteiger partial charge is 0.379 e. The molecule has 1 rings (SSSR count). The zero-order valence-electron chi connectivity index (χ0n) is 18.9. The van der Waals surface area contributed by atoms with Gasteiger partial charge in [0.05, 0.1) is 25.4 Å². The van der Waals surface area contributed by atoms with Gasteiger partial charge in [0.15, 0.2) is 5.79 Å². The molecule has 1 aliphatic rings. The number of hydrogen-bond donors (Lipinski definition) is 0. The lowest BCUT2D eigenvalue weighted by Crippen LogP contribution is -2.44. The molecular formula is C23H46O4. The molecule has 0 aliphatic carbocycles. The molecule has 0 spiro atoms. The number of ether oxygens (including phenoxy) is 4. The third-order valence-electron chi connectivity index (χ3n) is 5.13. The summed E-state index contributed by atoms with van der Waals surface area (Å²) in [6.07, 6.45) is 11.9. The molecule has 2 atom stereocenters. The van der Waals surface area contributed by atoms with Gasteiger partial charge in [0.25, 0.3) is 0 Å². The molecule has 27 heavy (non-hydrogen) atoms. The van der Waals surface area contributed by atoms with Crippen molar-refractivity contribution in [1.82, 2.24) is 0 Å². The highest BCUT2D eigenvalue weighted by atomic mass is 16.7. The van der Waals surface area contributed by atoms with Crippen LogP contribution in [0.1, 0.15) is 99.3 Å². The van der Waals surface area contributed by atoms with E-state index >= 15 is 0 Å². The zero-order valence-corrected chi connectivity index (χ0v) is 18.9. The van der Waals surface area contributed by atoms with Crippen LogP contribution in [0.2, 0.25) is 0 Å². The Hall–Kier alpha value is -0.160. The van der Waals surface area contributed by atoms with E-state index in [4.69, 9.17) is 18.9 Å². The Balaban J connectivity index is 2.51. The highest BCUT2D eigenvalue weighted by molar-refractivity contribution is 4.78. The second-order valence-corrected chi connectivity index (χ2v) is 8.78. The van der Waals surface area contributed by atoms with Crippen molar-refractivity contribution in [1.29, 1.82) is 0 Å². The average molecular weight is 387 g/mol. The SMILES string of the molecule is CCCCCCCCC(CCCOCC1CO1)C(C)(OC(C)C)OC(C)C. The third-order valence-corrected chi connectivity index (χ3v) is 5.13. The highest BCUT2D eigenvalue weighted by Crippen LogP contribution is 2.34. The fraction of sp³-hybridized carbons (Fsp3) is 1.00. The summed E-state index contributed by atoms with van der Waals surface area (Å²) in [5, 5.41) is 0. The van der Waals surface area contributed by atoms with E-state index in [1.54, 1.807) is 0 Å². The molecule has 4 nitrogen and oxygen atoms in total. The van der Waals surface area contributed by atoms with Crippen molar-refractivity contribution < 1.29 is 18.9 Å². The molecule has 4 heteroatoms. The molecule has 0 amide bonds. The summed E-state index contributed by atoms with van der Waals surface area (Å²) in [7, 11) is 0. The van der Waals surface area contributed by atoms with E-state index < -0.39 is 5.79 Å². The van der Waals surface area contributed by atoms with Crippen LogP contribution in [0.4, 0.5) is 0 Å². The van der Waals surface area contributed by atoms with Gasteiger partial charge in [0.1, 0.15) is 6.10 Å². The Morgan fingerprint density at radius 1 is 0.889 bits per heavy atom. The third kappa shape index (κ3) is 12.1. The normalized spacial score (nSPS) is 18.4. The van der Waals surface area contributed by atoms with Crippen LogP contribution < -0.4 is 0 Å². The first kappa shape index (κ1) is 24.9. The number of unbranched alkanes of at least 4 members (excludes halogenated alkanes) is 5. The second kappa shape index (κ2) is 13.9. The van der Waals surface area contributed by atoms with Crippen LogP contribution in [-0.4, -0.2) is 43.9 Å². The standard InChI is InChI=1S/C23H46O4/c1-7-8-9-10-11-12-14-21(15-13-16-24-17-22-18-25-22)23(6,26-19(2)3)27-20(4)5/h19-22H,7-18H2,1-6H3. The van der Waals surface area contributed by atoms with Gasteiger partial charge in [-0.3, -0.25) is 0 Å². The van der Waals surface area contributed by atoms with Crippen molar-refractivity contribution in [3.8, 4) is 0 Å². The van der Waals surface area contributed by atoms with Crippen LogP contribution in [0, 0.1) is 5.92 Å². The first-order valence-corrected chi connectivity index (χ1v) is 11.4. The Labute approximate surface area is 168 Å². The van der Waals surface area contributed by atoms with Gasteiger partial charge in [-0.05, 0) is 53.9 Å². The number of epoxide rings is 1. The van der Waals surface area contributed by atoms with Gasteiger partial charge in [-0.2, -0.15) is 0 Å². The van der Waals surface area contributed by atoms with Crippen LogP contribution in [0.25, 0.3) is 0 Å². The fourth-order valence-electron chi connectivity index (χ4n) is 3.81. The smallest absolute Gasteiger partial charge is 0.168 e.